The maximum absolute atomic E-state index is 12.2. The maximum Gasteiger partial charge on any atom is 0.224 e. The first-order valence-corrected chi connectivity index (χ1v) is 8.83. The van der Waals surface area contributed by atoms with E-state index in [9.17, 15) is 4.79 Å². The van der Waals surface area contributed by atoms with Crippen molar-refractivity contribution >= 4 is 22.6 Å². The van der Waals surface area contributed by atoms with E-state index in [4.69, 9.17) is 4.74 Å². The number of para-hydroxylation sites is 3. The van der Waals surface area contributed by atoms with Crippen molar-refractivity contribution in [2.24, 2.45) is 0 Å². The molecule has 3 aromatic carbocycles. The van der Waals surface area contributed by atoms with Crippen molar-refractivity contribution in [1.29, 1.82) is 0 Å². The zero-order valence-electron chi connectivity index (χ0n) is 14.7. The number of nitrogens with one attached hydrogen (secondary N) is 2. The number of amides is 1. The van der Waals surface area contributed by atoms with Crippen LogP contribution in [0.2, 0.25) is 0 Å². The minimum atomic E-state index is -0.0489. The van der Waals surface area contributed by atoms with Gasteiger partial charge in [0, 0.05) is 18.5 Å². The van der Waals surface area contributed by atoms with E-state index in [0.29, 0.717) is 12.8 Å². The summed E-state index contributed by atoms with van der Waals surface area (Å²) in [5.41, 5.74) is 2.65. The van der Waals surface area contributed by atoms with Crippen LogP contribution in [0.3, 0.4) is 0 Å². The number of carbonyl (C=O) groups excluding carboxylic acids is 1. The van der Waals surface area contributed by atoms with Crippen molar-refractivity contribution in [3.63, 3.8) is 0 Å². The number of rotatable bonds is 6. The summed E-state index contributed by atoms with van der Waals surface area (Å²) in [7, 11) is 0. The van der Waals surface area contributed by atoms with Gasteiger partial charge in [-0.2, -0.15) is 0 Å². The van der Waals surface area contributed by atoms with E-state index in [2.05, 4.69) is 15.3 Å². The van der Waals surface area contributed by atoms with Crippen molar-refractivity contribution in [3.8, 4) is 11.5 Å². The third kappa shape index (κ3) is 4.33. The Balaban J connectivity index is 1.31. The molecule has 0 aliphatic heterocycles. The monoisotopic (exact) mass is 357 g/mol. The molecule has 4 aromatic rings. The second-order valence-corrected chi connectivity index (χ2v) is 6.19. The Hall–Kier alpha value is -3.60. The van der Waals surface area contributed by atoms with Gasteiger partial charge < -0.3 is 15.0 Å². The molecule has 0 spiro atoms. The first-order valence-electron chi connectivity index (χ1n) is 8.83. The Morgan fingerprint density at radius 3 is 2.37 bits per heavy atom. The molecule has 27 heavy (non-hydrogen) atoms. The summed E-state index contributed by atoms with van der Waals surface area (Å²) in [6.07, 6.45) is 0.928. The van der Waals surface area contributed by atoms with Crippen LogP contribution >= 0.6 is 0 Å². The van der Waals surface area contributed by atoms with Gasteiger partial charge in [-0.1, -0.05) is 30.3 Å². The van der Waals surface area contributed by atoms with Crippen molar-refractivity contribution in [3.05, 3.63) is 84.7 Å². The molecule has 4 rings (SSSR count). The summed E-state index contributed by atoms with van der Waals surface area (Å²) >= 11 is 0. The minimum Gasteiger partial charge on any atom is -0.457 e. The molecule has 0 radical (unpaired) electrons. The fourth-order valence-corrected chi connectivity index (χ4v) is 2.81. The number of nitrogens with zero attached hydrogens (tertiary/aromatic N) is 1. The van der Waals surface area contributed by atoms with Gasteiger partial charge in [0.2, 0.25) is 5.91 Å². The lowest BCUT2D eigenvalue weighted by atomic mass is 10.2. The third-order valence-corrected chi connectivity index (χ3v) is 4.14. The van der Waals surface area contributed by atoms with Gasteiger partial charge >= 0.3 is 0 Å². The van der Waals surface area contributed by atoms with E-state index in [1.165, 1.54) is 0 Å². The lowest BCUT2D eigenvalue weighted by molar-refractivity contribution is -0.116. The molecule has 0 fully saturated rings. The van der Waals surface area contributed by atoms with E-state index >= 15 is 0 Å². The number of hydrogen-bond donors (Lipinski definition) is 2. The molecule has 2 N–H and O–H groups in total. The molecule has 0 atom stereocenters. The fraction of sp³-hybridized carbons (Fsp3) is 0.0909. The van der Waals surface area contributed by atoms with Gasteiger partial charge in [-0.05, 0) is 48.5 Å². The first kappa shape index (κ1) is 16.8. The summed E-state index contributed by atoms with van der Waals surface area (Å²) in [6.45, 7) is 0. The van der Waals surface area contributed by atoms with Gasteiger partial charge in [-0.25, -0.2) is 4.98 Å². The number of benzene rings is 3. The smallest absolute Gasteiger partial charge is 0.224 e. The molecule has 5 nitrogen and oxygen atoms in total. The van der Waals surface area contributed by atoms with Gasteiger partial charge in [0.25, 0.3) is 0 Å². The van der Waals surface area contributed by atoms with Gasteiger partial charge in [0.05, 0.1) is 11.0 Å². The molecule has 1 heterocycles. The number of imidazole rings is 1. The highest BCUT2D eigenvalue weighted by Gasteiger charge is 2.07. The quantitative estimate of drug-likeness (QED) is 0.514. The molecule has 0 aliphatic rings. The number of anilines is 1. The average molecular weight is 357 g/mol. The molecule has 1 aromatic heterocycles. The predicted octanol–water partition coefficient (Wildman–Crippen LogP) is 4.93. The SMILES string of the molecule is O=C(CCc1nc2ccccc2[nH]1)Nc1ccc(Oc2ccccc2)cc1. The van der Waals surface area contributed by atoms with E-state index in [1.54, 1.807) is 0 Å². The molecule has 134 valence electrons. The number of hydrogen-bond acceptors (Lipinski definition) is 3. The van der Waals surface area contributed by atoms with Crippen molar-refractivity contribution in [2.45, 2.75) is 12.8 Å². The zero-order chi connectivity index (χ0) is 18.5. The molecule has 5 heteroatoms. The summed E-state index contributed by atoms with van der Waals surface area (Å²) in [5.74, 6) is 2.27. The van der Waals surface area contributed by atoms with E-state index in [-0.39, 0.29) is 5.91 Å². The summed E-state index contributed by atoms with van der Waals surface area (Å²) < 4.78 is 5.75. The lowest BCUT2D eigenvalue weighted by Crippen LogP contribution is -2.12. The average Bonchev–Trinajstić information content (AvgIpc) is 3.12. The molecule has 0 saturated carbocycles. The standard InChI is InChI=1S/C22H19N3O2/c26-22(15-14-21-24-19-8-4-5-9-20(19)25-21)23-16-10-12-18(13-11-16)27-17-6-2-1-3-7-17/h1-13H,14-15H2,(H,23,26)(H,24,25). The minimum absolute atomic E-state index is 0.0489. The lowest BCUT2D eigenvalue weighted by Gasteiger charge is -2.08. The zero-order valence-corrected chi connectivity index (χ0v) is 14.7. The van der Waals surface area contributed by atoms with Crippen LogP contribution in [0.4, 0.5) is 5.69 Å². The topological polar surface area (TPSA) is 67.0 Å². The molecule has 0 bridgehead atoms. The normalized spacial score (nSPS) is 10.7. The molecule has 0 unspecified atom stereocenters. The van der Waals surface area contributed by atoms with Gasteiger partial charge in [-0.3, -0.25) is 4.79 Å². The van der Waals surface area contributed by atoms with Gasteiger partial charge in [-0.15, -0.1) is 0 Å². The molecular formula is C22H19N3O2. The van der Waals surface area contributed by atoms with Crippen molar-refractivity contribution in [1.82, 2.24) is 9.97 Å². The number of ether oxygens (including phenoxy) is 1. The highest BCUT2D eigenvalue weighted by Crippen LogP contribution is 2.22. The molecule has 1 amide bonds. The fourth-order valence-electron chi connectivity index (χ4n) is 2.81. The van der Waals surface area contributed by atoms with Crippen LogP contribution in [0.1, 0.15) is 12.2 Å². The number of fused-ring (bicyclic) bond motifs is 1. The highest BCUT2D eigenvalue weighted by molar-refractivity contribution is 5.90. The second-order valence-electron chi connectivity index (χ2n) is 6.19. The third-order valence-electron chi connectivity index (χ3n) is 4.14. The van der Waals surface area contributed by atoms with E-state index < -0.39 is 0 Å². The second kappa shape index (κ2) is 7.74. The van der Waals surface area contributed by atoms with Crippen LogP contribution in [0.5, 0.6) is 11.5 Å². The summed E-state index contributed by atoms with van der Waals surface area (Å²) in [5, 5.41) is 2.90. The largest absolute Gasteiger partial charge is 0.457 e. The predicted molar refractivity (Wildman–Crippen MR) is 106 cm³/mol. The molecule has 0 saturated heterocycles. The van der Waals surface area contributed by atoms with Crippen molar-refractivity contribution in [2.75, 3.05) is 5.32 Å². The van der Waals surface area contributed by atoms with Crippen LogP contribution < -0.4 is 10.1 Å². The first-order chi connectivity index (χ1) is 13.3. The summed E-state index contributed by atoms with van der Waals surface area (Å²) in [6, 6.07) is 24.8. The highest BCUT2D eigenvalue weighted by atomic mass is 16.5. The number of carbonyl (C=O) groups is 1. The Morgan fingerprint density at radius 2 is 1.59 bits per heavy atom. The van der Waals surface area contributed by atoms with E-state index in [0.717, 1.165) is 34.0 Å². The van der Waals surface area contributed by atoms with Gasteiger partial charge in [0.1, 0.15) is 17.3 Å². The Morgan fingerprint density at radius 1 is 0.889 bits per heavy atom. The molecule has 0 aliphatic carbocycles. The van der Waals surface area contributed by atoms with Gasteiger partial charge in [0.15, 0.2) is 0 Å². The number of aryl methyl sites for hydroxylation is 1. The van der Waals surface area contributed by atoms with Crippen LogP contribution in [-0.4, -0.2) is 15.9 Å². The number of H-pyrrole nitrogens is 1. The van der Waals surface area contributed by atoms with Crippen LogP contribution in [0.25, 0.3) is 11.0 Å². The van der Waals surface area contributed by atoms with Crippen LogP contribution in [-0.2, 0) is 11.2 Å². The van der Waals surface area contributed by atoms with E-state index in [1.807, 2.05) is 78.9 Å². The van der Waals surface area contributed by atoms with Crippen LogP contribution in [0, 0.1) is 0 Å². The maximum atomic E-state index is 12.2. The van der Waals surface area contributed by atoms with Crippen molar-refractivity contribution < 1.29 is 9.53 Å². The summed E-state index contributed by atoms with van der Waals surface area (Å²) in [4.78, 5) is 19.9. The molecular weight excluding hydrogens is 338 g/mol. The number of aromatic nitrogens is 2. The van der Waals surface area contributed by atoms with Crippen LogP contribution in [0.15, 0.2) is 78.9 Å². The Labute approximate surface area is 157 Å². The Bertz CT molecular complexity index is 1010. The number of aromatic amines is 1. The Kier molecular flexibility index (Phi) is 4.83.